The highest BCUT2D eigenvalue weighted by molar-refractivity contribution is 4.86. The zero-order valence-corrected chi connectivity index (χ0v) is 9.84. The summed E-state index contributed by atoms with van der Waals surface area (Å²) < 4.78 is 0. The van der Waals surface area contributed by atoms with Gasteiger partial charge in [0.15, 0.2) is 0 Å². The zero-order valence-electron chi connectivity index (χ0n) is 9.84. The quantitative estimate of drug-likeness (QED) is 0.640. The molecule has 2 heterocycles. The van der Waals surface area contributed by atoms with Gasteiger partial charge in [0.1, 0.15) is 0 Å². The number of nitrogens with one attached hydrogen (secondary N) is 1. The van der Waals surface area contributed by atoms with Crippen LogP contribution in [0.2, 0.25) is 0 Å². The summed E-state index contributed by atoms with van der Waals surface area (Å²) in [6, 6.07) is 0.836. The van der Waals surface area contributed by atoms with Crippen LogP contribution < -0.4 is 5.43 Å². The maximum absolute atomic E-state index is 3.56. The second-order valence-corrected chi connectivity index (χ2v) is 6.00. The van der Waals surface area contributed by atoms with E-state index in [0.717, 1.165) is 12.0 Å². The van der Waals surface area contributed by atoms with Crippen molar-refractivity contribution in [1.82, 2.24) is 10.4 Å². The van der Waals surface area contributed by atoms with Crippen LogP contribution in [-0.2, 0) is 0 Å². The van der Waals surface area contributed by atoms with Crippen molar-refractivity contribution in [1.29, 1.82) is 0 Å². The predicted molar refractivity (Wildman–Crippen MR) is 59.9 cm³/mol. The summed E-state index contributed by atoms with van der Waals surface area (Å²) in [5, 5.41) is 2.52. The Hall–Kier alpha value is -0.0800. The summed E-state index contributed by atoms with van der Waals surface area (Å²) in [4.78, 5) is 0. The molecule has 82 valence electrons. The van der Waals surface area contributed by atoms with Gasteiger partial charge in [0, 0.05) is 19.1 Å². The van der Waals surface area contributed by atoms with Gasteiger partial charge in [0.05, 0.1) is 0 Å². The second kappa shape index (κ2) is 3.82. The van der Waals surface area contributed by atoms with E-state index in [1.165, 1.54) is 38.8 Å². The van der Waals surface area contributed by atoms with Crippen molar-refractivity contribution >= 4 is 0 Å². The van der Waals surface area contributed by atoms with Crippen molar-refractivity contribution in [3.8, 4) is 0 Å². The lowest BCUT2D eigenvalue weighted by atomic mass is 9.74. The minimum Gasteiger partial charge on any atom is -0.255 e. The van der Waals surface area contributed by atoms with Crippen molar-refractivity contribution in [3.63, 3.8) is 0 Å². The Morgan fingerprint density at radius 3 is 2.64 bits per heavy atom. The molecule has 0 bridgehead atoms. The highest BCUT2D eigenvalue weighted by atomic mass is 15.5. The summed E-state index contributed by atoms with van der Waals surface area (Å²) >= 11 is 0. The van der Waals surface area contributed by atoms with Crippen LogP contribution in [0.3, 0.4) is 0 Å². The van der Waals surface area contributed by atoms with Crippen LogP contribution in [0.25, 0.3) is 0 Å². The van der Waals surface area contributed by atoms with Gasteiger partial charge in [-0.05, 0) is 37.0 Å². The Kier molecular flexibility index (Phi) is 2.85. The minimum absolute atomic E-state index is 0.476. The minimum atomic E-state index is 0.476. The Morgan fingerprint density at radius 2 is 1.93 bits per heavy atom. The SMILES string of the molecule is CC(C)(C)C1CCC2CCCNN2C1. The largest absolute Gasteiger partial charge is 0.255 e. The van der Waals surface area contributed by atoms with Crippen molar-refractivity contribution in [2.45, 2.75) is 52.5 Å². The third kappa shape index (κ3) is 2.12. The molecule has 0 aliphatic carbocycles. The normalized spacial score (nSPS) is 35.4. The molecule has 0 spiro atoms. The standard InChI is InChI=1S/C12H24N2/c1-12(2,3)10-6-7-11-5-4-8-13-14(11)9-10/h10-11,13H,4-9H2,1-3H3. The first-order valence-electron chi connectivity index (χ1n) is 6.07. The van der Waals surface area contributed by atoms with Gasteiger partial charge < -0.3 is 0 Å². The van der Waals surface area contributed by atoms with E-state index >= 15 is 0 Å². The van der Waals surface area contributed by atoms with Crippen molar-refractivity contribution in [2.75, 3.05) is 13.1 Å². The molecule has 14 heavy (non-hydrogen) atoms. The fourth-order valence-electron chi connectivity index (χ4n) is 2.79. The Morgan fingerprint density at radius 1 is 1.14 bits per heavy atom. The Bertz CT molecular complexity index is 195. The number of rotatable bonds is 0. The third-order valence-electron chi connectivity index (χ3n) is 3.96. The van der Waals surface area contributed by atoms with Gasteiger partial charge in [-0.3, -0.25) is 5.43 Å². The fraction of sp³-hybridized carbons (Fsp3) is 1.00. The number of piperidine rings is 1. The lowest BCUT2D eigenvalue weighted by Gasteiger charge is -2.46. The summed E-state index contributed by atoms with van der Waals surface area (Å²) in [7, 11) is 0. The van der Waals surface area contributed by atoms with Gasteiger partial charge in [-0.2, -0.15) is 0 Å². The van der Waals surface area contributed by atoms with E-state index in [1.807, 2.05) is 0 Å². The van der Waals surface area contributed by atoms with Crippen LogP contribution in [0.4, 0.5) is 0 Å². The van der Waals surface area contributed by atoms with Gasteiger partial charge in [-0.1, -0.05) is 20.8 Å². The molecule has 2 heteroatoms. The van der Waals surface area contributed by atoms with E-state index in [2.05, 4.69) is 31.2 Å². The molecule has 0 amide bonds. The van der Waals surface area contributed by atoms with E-state index in [9.17, 15) is 0 Å². The first-order valence-corrected chi connectivity index (χ1v) is 6.07. The fourth-order valence-corrected chi connectivity index (χ4v) is 2.79. The number of nitrogens with zero attached hydrogens (tertiary/aromatic N) is 1. The third-order valence-corrected chi connectivity index (χ3v) is 3.96. The first-order chi connectivity index (χ1) is 6.57. The number of hydrogen-bond acceptors (Lipinski definition) is 2. The molecule has 0 aromatic rings. The average Bonchev–Trinajstić information content (AvgIpc) is 2.16. The van der Waals surface area contributed by atoms with Crippen molar-refractivity contribution in [2.24, 2.45) is 11.3 Å². The number of hydrazine groups is 1. The van der Waals surface area contributed by atoms with E-state index in [0.29, 0.717) is 5.41 Å². The summed E-state index contributed by atoms with van der Waals surface area (Å²) in [6.45, 7) is 9.58. The monoisotopic (exact) mass is 196 g/mol. The smallest absolute Gasteiger partial charge is 0.0244 e. The van der Waals surface area contributed by atoms with Crippen LogP contribution in [0.1, 0.15) is 46.5 Å². The second-order valence-electron chi connectivity index (χ2n) is 6.00. The molecule has 0 saturated carbocycles. The van der Waals surface area contributed by atoms with Crippen molar-refractivity contribution < 1.29 is 0 Å². The molecule has 0 aromatic carbocycles. The van der Waals surface area contributed by atoms with Crippen molar-refractivity contribution in [3.05, 3.63) is 0 Å². The molecule has 1 N–H and O–H groups in total. The Labute approximate surface area is 88.0 Å². The summed E-state index contributed by atoms with van der Waals surface area (Å²) in [5.74, 6) is 0.865. The highest BCUT2D eigenvalue weighted by Gasteiger charge is 2.35. The molecular weight excluding hydrogens is 172 g/mol. The van der Waals surface area contributed by atoms with Gasteiger partial charge >= 0.3 is 0 Å². The number of fused-ring (bicyclic) bond motifs is 1. The van der Waals surface area contributed by atoms with Crippen LogP contribution in [0.15, 0.2) is 0 Å². The highest BCUT2D eigenvalue weighted by Crippen LogP contribution is 2.36. The van der Waals surface area contributed by atoms with E-state index < -0.39 is 0 Å². The molecule has 0 aromatic heterocycles. The zero-order chi connectivity index (χ0) is 10.2. The van der Waals surface area contributed by atoms with E-state index in [1.54, 1.807) is 0 Å². The van der Waals surface area contributed by atoms with Crippen LogP contribution in [0, 0.1) is 11.3 Å². The molecule has 2 unspecified atom stereocenters. The molecule has 2 aliphatic rings. The van der Waals surface area contributed by atoms with E-state index in [-0.39, 0.29) is 0 Å². The van der Waals surface area contributed by atoms with Gasteiger partial charge in [-0.15, -0.1) is 0 Å². The van der Waals surface area contributed by atoms with Gasteiger partial charge in [0.2, 0.25) is 0 Å². The van der Waals surface area contributed by atoms with Crippen LogP contribution >= 0.6 is 0 Å². The van der Waals surface area contributed by atoms with Crippen LogP contribution in [-0.4, -0.2) is 24.1 Å². The maximum Gasteiger partial charge on any atom is 0.0244 e. The maximum atomic E-state index is 3.56. The number of hydrogen-bond donors (Lipinski definition) is 1. The molecule has 2 saturated heterocycles. The average molecular weight is 196 g/mol. The predicted octanol–water partition coefficient (Wildman–Crippen LogP) is 2.41. The topological polar surface area (TPSA) is 15.3 Å². The Balaban J connectivity index is 1.96. The molecule has 2 aliphatic heterocycles. The summed E-state index contributed by atoms with van der Waals surface area (Å²) in [5.41, 5.74) is 4.03. The van der Waals surface area contributed by atoms with Crippen LogP contribution in [0.5, 0.6) is 0 Å². The van der Waals surface area contributed by atoms with Gasteiger partial charge in [0.25, 0.3) is 0 Å². The molecule has 2 atom stereocenters. The first kappa shape index (κ1) is 10.4. The lowest BCUT2D eigenvalue weighted by Crippen LogP contribution is -2.55. The lowest BCUT2D eigenvalue weighted by molar-refractivity contribution is -0.00482. The molecule has 0 radical (unpaired) electrons. The summed E-state index contributed by atoms with van der Waals surface area (Å²) in [6.07, 6.45) is 5.59. The van der Waals surface area contributed by atoms with E-state index in [4.69, 9.17) is 0 Å². The molecule has 2 fully saturated rings. The molecule has 2 rings (SSSR count). The molecular formula is C12H24N2. The molecule has 2 nitrogen and oxygen atoms in total. The van der Waals surface area contributed by atoms with Gasteiger partial charge in [-0.25, -0.2) is 5.01 Å².